The van der Waals surface area contributed by atoms with Gasteiger partial charge in [0.2, 0.25) is 11.8 Å². The highest BCUT2D eigenvalue weighted by atomic mass is 16.6. The van der Waals surface area contributed by atoms with Gasteiger partial charge >= 0.3 is 6.09 Å². The predicted octanol–water partition coefficient (Wildman–Crippen LogP) is 7.14. The van der Waals surface area contributed by atoms with Gasteiger partial charge in [-0.05, 0) is 71.8 Å². The smallest absolute Gasteiger partial charge is 0.408 e. The zero-order valence-electron chi connectivity index (χ0n) is 26.4. The van der Waals surface area contributed by atoms with Crippen molar-refractivity contribution in [3.05, 3.63) is 34.9 Å². The van der Waals surface area contributed by atoms with Crippen molar-refractivity contribution in [2.75, 3.05) is 6.54 Å². The van der Waals surface area contributed by atoms with Gasteiger partial charge in [0.15, 0.2) is 0 Å². The standard InChI is InChI=1S/C33H55N3O4/c1-9-10-11-15-18-36(31(38)28(19-23(2)3)35-32(39)40-33(6,7)8)29(26-21-24(4)20-25(5)22-26)30(37)34-27-16-13-12-14-17-27/h20-23,27-29H,9-19H2,1-8H3,(H,34,37)(H,35,39). The zero-order valence-corrected chi connectivity index (χ0v) is 26.4. The van der Waals surface area contributed by atoms with Crippen molar-refractivity contribution in [1.29, 1.82) is 0 Å². The first kappa shape index (κ1) is 33.6. The van der Waals surface area contributed by atoms with E-state index in [0.717, 1.165) is 68.1 Å². The van der Waals surface area contributed by atoms with Gasteiger partial charge in [-0.15, -0.1) is 0 Å². The molecule has 3 amide bonds. The molecule has 0 spiro atoms. The Bertz CT molecular complexity index is 943. The lowest BCUT2D eigenvalue weighted by molar-refractivity contribution is -0.143. The summed E-state index contributed by atoms with van der Waals surface area (Å²) in [5, 5.41) is 6.15. The molecule has 0 aliphatic heterocycles. The number of benzene rings is 1. The van der Waals surface area contributed by atoms with Crippen molar-refractivity contribution in [2.24, 2.45) is 5.92 Å². The number of unbranched alkanes of at least 4 members (excludes halogenated alkanes) is 3. The van der Waals surface area contributed by atoms with Gasteiger partial charge in [-0.1, -0.05) is 88.6 Å². The Morgan fingerprint density at radius 3 is 2.15 bits per heavy atom. The zero-order chi connectivity index (χ0) is 29.9. The lowest BCUT2D eigenvalue weighted by Crippen LogP contribution is -2.54. The Balaban J connectivity index is 2.51. The van der Waals surface area contributed by atoms with Crippen LogP contribution in [0.15, 0.2) is 18.2 Å². The van der Waals surface area contributed by atoms with Crippen molar-refractivity contribution in [1.82, 2.24) is 15.5 Å². The molecule has 2 rings (SSSR count). The van der Waals surface area contributed by atoms with Crippen LogP contribution in [0.1, 0.15) is 128 Å². The van der Waals surface area contributed by atoms with Crippen molar-refractivity contribution in [3.63, 3.8) is 0 Å². The Hall–Kier alpha value is -2.57. The molecular weight excluding hydrogens is 502 g/mol. The van der Waals surface area contributed by atoms with E-state index in [0.29, 0.717) is 13.0 Å². The van der Waals surface area contributed by atoms with Crippen LogP contribution in [0, 0.1) is 19.8 Å². The normalized spacial score (nSPS) is 15.8. The minimum absolute atomic E-state index is 0.123. The van der Waals surface area contributed by atoms with E-state index in [4.69, 9.17) is 4.74 Å². The molecule has 1 aliphatic rings. The molecule has 1 aliphatic carbocycles. The Morgan fingerprint density at radius 2 is 1.60 bits per heavy atom. The molecule has 2 unspecified atom stereocenters. The highest BCUT2D eigenvalue weighted by Crippen LogP contribution is 2.28. The third-order valence-corrected chi connectivity index (χ3v) is 7.30. The summed E-state index contributed by atoms with van der Waals surface area (Å²) in [7, 11) is 0. The van der Waals surface area contributed by atoms with Crippen LogP contribution < -0.4 is 10.6 Å². The summed E-state index contributed by atoms with van der Waals surface area (Å²) in [6, 6.07) is 4.67. The number of aryl methyl sites for hydroxylation is 2. The van der Waals surface area contributed by atoms with Gasteiger partial charge in [0.05, 0.1) is 0 Å². The molecule has 1 fully saturated rings. The second-order valence-corrected chi connectivity index (χ2v) is 13.1. The quantitative estimate of drug-likeness (QED) is 0.252. The number of hydrogen-bond acceptors (Lipinski definition) is 4. The van der Waals surface area contributed by atoms with Gasteiger partial charge in [0, 0.05) is 12.6 Å². The lowest BCUT2D eigenvalue weighted by Gasteiger charge is -2.36. The number of nitrogens with zero attached hydrogens (tertiary/aromatic N) is 1. The summed E-state index contributed by atoms with van der Waals surface area (Å²) in [5.41, 5.74) is 2.23. The SMILES string of the molecule is CCCCCCN(C(=O)C(CC(C)C)NC(=O)OC(C)(C)C)C(C(=O)NC1CCCCC1)c1cc(C)cc(C)c1. The lowest BCUT2D eigenvalue weighted by atomic mass is 9.93. The molecule has 2 atom stereocenters. The first-order valence-corrected chi connectivity index (χ1v) is 15.5. The highest BCUT2D eigenvalue weighted by molar-refractivity contribution is 5.92. The van der Waals surface area contributed by atoms with Gasteiger partial charge in [0.1, 0.15) is 17.7 Å². The fraction of sp³-hybridized carbons (Fsp3) is 0.727. The molecular formula is C33H55N3O4. The monoisotopic (exact) mass is 557 g/mol. The molecule has 1 aromatic carbocycles. The molecule has 7 heteroatoms. The number of carbonyl (C=O) groups is 3. The van der Waals surface area contributed by atoms with Gasteiger partial charge < -0.3 is 20.3 Å². The Kier molecular flexibility index (Phi) is 13.5. The average Bonchev–Trinajstić information content (AvgIpc) is 2.83. The second kappa shape index (κ2) is 16.0. The molecule has 0 radical (unpaired) electrons. The van der Waals surface area contributed by atoms with Crippen LogP contribution >= 0.6 is 0 Å². The van der Waals surface area contributed by atoms with E-state index < -0.39 is 23.8 Å². The first-order valence-electron chi connectivity index (χ1n) is 15.5. The average molecular weight is 558 g/mol. The molecule has 1 saturated carbocycles. The topological polar surface area (TPSA) is 87.7 Å². The van der Waals surface area contributed by atoms with E-state index >= 15 is 0 Å². The maximum atomic E-state index is 14.4. The second-order valence-electron chi connectivity index (χ2n) is 13.1. The minimum Gasteiger partial charge on any atom is -0.444 e. The van der Waals surface area contributed by atoms with Crippen LogP contribution in [0.4, 0.5) is 4.79 Å². The highest BCUT2D eigenvalue weighted by Gasteiger charge is 2.37. The van der Waals surface area contributed by atoms with E-state index in [1.165, 1.54) is 6.42 Å². The maximum absolute atomic E-state index is 14.4. The summed E-state index contributed by atoms with van der Waals surface area (Å²) in [4.78, 5) is 43.1. The predicted molar refractivity (Wildman–Crippen MR) is 162 cm³/mol. The van der Waals surface area contributed by atoms with E-state index in [-0.39, 0.29) is 23.8 Å². The van der Waals surface area contributed by atoms with Crippen LogP contribution in [0.25, 0.3) is 0 Å². The summed E-state index contributed by atoms with van der Waals surface area (Å²) < 4.78 is 5.52. The van der Waals surface area contributed by atoms with Crippen LogP contribution in [0.3, 0.4) is 0 Å². The maximum Gasteiger partial charge on any atom is 0.408 e. The number of hydrogen-bond donors (Lipinski definition) is 2. The Labute approximate surface area is 243 Å². The molecule has 2 N–H and O–H groups in total. The van der Waals surface area contributed by atoms with Crippen molar-refractivity contribution >= 4 is 17.9 Å². The number of alkyl carbamates (subject to hydrolysis) is 1. The van der Waals surface area contributed by atoms with E-state index in [1.807, 2.05) is 39.8 Å². The molecule has 0 heterocycles. The number of amides is 3. The molecule has 1 aromatic rings. The van der Waals surface area contributed by atoms with Gasteiger partial charge in [0.25, 0.3) is 0 Å². The fourth-order valence-electron chi connectivity index (χ4n) is 5.59. The van der Waals surface area contributed by atoms with Crippen molar-refractivity contribution in [2.45, 2.75) is 143 Å². The molecule has 7 nitrogen and oxygen atoms in total. The van der Waals surface area contributed by atoms with Crippen molar-refractivity contribution in [3.8, 4) is 0 Å². The van der Waals surface area contributed by atoms with Crippen LogP contribution in [-0.4, -0.2) is 47.0 Å². The first-order chi connectivity index (χ1) is 18.8. The van der Waals surface area contributed by atoms with Gasteiger partial charge in [-0.3, -0.25) is 9.59 Å². The molecule has 226 valence electrons. The van der Waals surface area contributed by atoms with E-state index in [1.54, 1.807) is 25.7 Å². The fourth-order valence-corrected chi connectivity index (χ4v) is 5.59. The largest absolute Gasteiger partial charge is 0.444 e. The number of carbonyl (C=O) groups excluding carboxylic acids is 3. The van der Waals surface area contributed by atoms with Crippen LogP contribution in [0.2, 0.25) is 0 Å². The Morgan fingerprint density at radius 1 is 0.975 bits per heavy atom. The summed E-state index contributed by atoms with van der Waals surface area (Å²) in [5.74, 6) is -0.220. The molecule has 0 aromatic heterocycles. The van der Waals surface area contributed by atoms with Crippen LogP contribution in [0.5, 0.6) is 0 Å². The third kappa shape index (κ3) is 11.5. The minimum atomic E-state index is -0.795. The van der Waals surface area contributed by atoms with Crippen molar-refractivity contribution < 1.29 is 19.1 Å². The number of nitrogens with one attached hydrogen (secondary N) is 2. The summed E-state index contributed by atoms with van der Waals surface area (Å²) >= 11 is 0. The van der Waals surface area contributed by atoms with Gasteiger partial charge in [-0.25, -0.2) is 4.79 Å². The molecule has 0 bridgehead atoms. The van der Waals surface area contributed by atoms with Gasteiger partial charge in [-0.2, -0.15) is 0 Å². The van der Waals surface area contributed by atoms with E-state index in [9.17, 15) is 14.4 Å². The molecule has 40 heavy (non-hydrogen) atoms. The summed E-state index contributed by atoms with van der Waals surface area (Å²) in [6.07, 6.45) is 9.07. The number of rotatable bonds is 13. The van der Waals surface area contributed by atoms with E-state index in [2.05, 4.69) is 23.6 Å². The molecule has 0 saturated heterocycles. The summed E-state index contributed by atoms with van der Waals surface area (Å²) in [6.45, 7) is 16.1. The number of ether oxygens (including phenoxy) is 1. The third-order valence-electron chi connectivity index (χ3n) is 7.30. The van der Waals surface area contributed by atoms with Crippen LogP contribution in [-0.2, 0) is 14.3 Å².